The van der Waals surface area contributed by atoms with Gasteiger partial charge in [-0.15, -0.1) is 6.58 Å². The van der Waals surface area contributed by atoms with Gasteiger partial charge in [-0.3, -0.25) is 4.79 Å². The molecule has 3 N–H and O–H groups in total. The second-order valence-electron chi connectivity index (χ2n) is 10.9. The van der Waals surface area contributed by atoms with E-state index in [1.165, 1.54) is 32.1 Å². The van der Waals surface area contributed by atoms with Gasteiger partial charge in [0.05, 0.1) is 12.2 Å². The van der Waals surface area contributed by atoms with Crippen LogP contribution in [-0.2, 0) is 16.9 Å². The standard InChI is InChI=1S/C26H33N3O2.C7H16.C3H6/c1-6-8-10-22-24(25(30)28-20-13-11-19(12-14-20)17-31-5)23(21(27)9-7-2)18(3)29(22)26(4)15-16-26;1-3-5-7-6-4-2;1-3-2/h11-14H,3,6-7,9,15-17,27H2,1-2,4-5H3,(H,28,30);3-7H2,1-2H3;3H,1H2,2H3/b23-21-;;. The highest BCUT2D eigenvalue weighted by atomic mass is 16.5. The number of anilines is 1. The van der Waals surface area contributed by atoms with Crippen LogP contribution in [0.25, 0.3) is 12.3 Å². The number of allylic oxidation sites excluding steroid dienone is 1. The van der Waals surface area contributed by atoms with Crippen molar-refractivity contribution in [1.29, 1.82) is 0 Å². The fraction of sp³-hybridized carbons (Fsp3) is 0.528. The van der Waals surface area contributed by atoms with E-state index >= 15 is 0 Å². The lowest BCUT2D eigenvalue weighted by atomic mass is 10.1. The van der Waals surface area contributed by atoms with Crippen LogP contribution in [0, 0.1) is 11.8 Å². The SMILES string of the molecule is C=CC.C=c1/c(=C(/N)CCC)c(C(=O)Nc2ccc(COC)cc2)c(C#CCC)n1C1(C)CC1.CCCCCCC. The summed E-state index contributed by atoms with van der Waals surface area (Å²) in [4.78, 5) is 13.5. The first-order valence-corrected chi connectivity index (χ1v) is 15.4. The van der Waals surface area contributed by atoms with Gasteiger partial charge in [0, 0.05) is 41.0 Å². The minimum absolute atomic E-state index is 0.0591. The molecular formula is C36H55N3O2. The maximum Gasteiger partial charge on any atom is 0.259 e. The van der Waals surface area contributed by atoms with E-state index in [0.717, 1.165) is 46.8 Å². The van der Waals surface area contributed by atoms with Crippen LogP contribution >= 0.6 is 0 Å². The number of methoxy groups -OCH3 is 1. The smallest absolute Gasteiger partial charge is 0.259 e. The highest BCUT2D eigenvalue weighted by Crippen LogP contribution is 2.42. The molecule has 0 aliphatic heterocycles. The van der Waals surface area contributed by atoms with Crippen LogP contribution in [0.2, 0.25) is 0 Å². The molecule has 1 saturated carbocycles. The lowest BCUT2D eigenvalue weighted by molar-refractivity contribution is 0.102. The maximum absolute atomic E-state index is 13.5. The van der Waals surface area contributed by atoms with Crippen LogP contribution in [0.3, 0.4) is 0 Å². The van der Waals surface area contributed by atoms with Crippen molar-refractivity contribution < 1.29 is 9.53 Å². The molecule has 1 aromatic heterocycles. The summed E-state index contributed by atoms with van der Waals surface area (Å²) in [6.07, 6.45) is 13.1. The van der Waals surface area contributed by atoms with E-state index in [-0.39, 0.29) is 11.4 Å². The fourth-order valence-corrected chi connectivity index (χ4v) is 4.59. The number of rotatable bonds is 11. The number of carbonyl (C=O) groups excluding carboxylic acids is 1. The van der Waals surface area contributed by atoms with Crippen LogP contribution in [0.5, 0.6) is 0 Å². The average Bonchev–Trinajstić information content (AvgIpc) is 3.61. The summed E-state index contributed by atoms with van der Waals surface area (Å²) < 4.78 is 7.30. The van der Waals surface area contributed by atoms with Crippen molar-refractivity contribution in [2.24, 2.45) is 5.73 Å². The molecule has 5 nitrogen and oxygen atoms in total. The molecule has 0 spiro atoms. The minimum atomic E-state index is -0.207. The lowest BCUT2D eigenvalue weighted by Crippen LogP contribution is -2.37. The third-order valence-electron chi connectivity index (χ3n) is 6.96. The van der Waals surface area contributed by atoms with Crippen molar-refractivity contribution >= 4 is 23.9 Å². The van der Waals surface area contributed by atoms with Crippen molar-refractivity contribution in [2.45, 2.75) is 118 Å². The van der Waals surface area contributed by atoms with E-state index in [1.54, 1.807) is 13.2 Å². The van der Waals surface area contributed by atoms with Crippen LogP contribution in [0.1, 0.15) is 127 Å². The number of nitrogens with two attached hydrogens (primary N) is 1. The van der Waals surface area contributed by atoms with Crippen LogP contribution in [-0.4, -0.2) is 17.6 Å². The molecule has 3 rings (SSSR count). The average molecular weight is 562 g/mol. The lowest BCUT2D eigenvalue weighted by Gasteiger charge is -2.14. The number of ether oxygens (including phenoxy) is 1. The normalized spacial score (nSPS) is 13.3. The maximum atomic E-state index is 13.5. The number of aromatic nitrogens is 1. The Morgan fingerprint density at radius 3 is 2.15 bits per heavy atom. The molecule has 1 fully saturated rings. The van der Waals surface area contributed by atoms with Crippen molar-refractivity contribution in [2.75, 3.05) is 12.4 Å². The van der Waals surface area contributed by atoms with Gasteiger partial charge >= 0.3 is 0 Å². The zero-order valence-electron chi connectivity index (χ0n) is 26.9. The number of hydrogen-bond donors (Lipinski definition) is 2. The second-order valence-corrected chi connectivity index (χ2v) is 10.9. The third kappa shape index (κ3) is 10.9. The Morgan fingerprint density at radius 1 is 1.10 bits per heavy atom. The zero-order chi connectivity index (χ0) is 30.8. The summed E-state index contributed by atoms with van der Waals surface area (Å²) in [6, 6.07) is 7.65. The van der Waals surface area contributed by atoms with Crippen molar-refractivity contribution in [3.05, 3.63) is 64.3 Å². The van der Waals surface area contributed by atoms with Gasteiger partial charge in [0.2, 0.25) is 0 Å². The van der Waals surface area contributed by atoms with Gasteiger partial charge in [-0.05, 0) is 56.7 Å². The Balaban J connectivity index is 0.000000723. The van der Waals surface area contributed by atoms with E-state index in [4.69, 9.17) is 10.5 Å². The molecule has 0 atom stereocenters. The van der Waals surface area contributed by atoms with E-state index in [1.807, 2.05) is 38.1 Å². The first kappa shape index (κ1) is 35.8. The topological polar surface area (TPSA) is 69.3 Å². The predicted molar refractivity (Wildman–Crippen MR) is 177 cm³/mol. The highest BCUT2D eigenvalue weighted by molar-refractivity contribution is 6.06. The van der Waals surface area contributed by atoms with Gasteiger partial charge in [-0.25, -0.2) is 0 Å². The summed E-state index contributed by atoms with van der Waals surface area (Å²) in [5, 5.41) is 4.56. The zero-order valence-corrected chi connectivity index (χ0v) is 26.9. The number of amides is 1. The number of unbranched alkanes of at least 4 members (excludes halogenated alkanes) is 4. The quantitative estimate of drug-likeness (QED) is 0.169. The molecule has 2 aromatic rings. The largest absolute Gasteiger partial charge is 0.401 e. The van der Waals surface area contributed by atoms with E-state index in [0.29, 0.717) is 30.7 Å². The van der Waals surface area contributed by atoms with Crippen molar-refractivity contribution in [3.63, 3.8) is 0 Å². The van der Waals surface area contributed by atoms with E-state index in [2.05, 4.69) is 62.6 Å². The molecule has 0 bridgehead atoms. The summed E-state index contributed by atoms with van der Waals surface area (Å²) >= 11 is 0. The van der Waals surface area contributed by atoms with E-state index in [9.17, 15) is 4.79 Å². The first-order valence-electron chi connectivity index (χ1n) is 15.4. The van der Waals surface area contributed by atoms with E-state index < -0.39 is 0 Å². The first-order chi connectivity index (χ1) is 19.7. The molecule has 226 valence electrons. The number of hydrogen-bond acceptors (Lipinski definition) is 3. The Morgan fingerprint density at radius 2 is 1.68 bits per heavy atom. The number of nitrogens with one attached hydrogen (secondary N) is 1. The molecule has 41 heavy (non-hydrogen) atoms. The molecule has 1 aliphatic rings. The highest BCUT2D eigenvalue weighted by Gasteiger charge is 2.42. The molecular weight excluding hydrogens is 506 g/mol. The fourth-order valence-electron chi connectivity index (χ4n) is 4.59. The summed E-state index contributed by atoms with van der Waals surface area (Å²) in [5.41, 5.74) is 10.1. The summed E-state index contributed by atoms with van der Waals surface area (Å²) in [5.74, 6) is 6.20. The number of carbonyl (C=O) groups is 1. The van der Waals surface area contributed by atoms with Gasteiger partial charge in [0.25, 0.3) is 5.91 Å². The summed E-state index contributed by atoms with van der Waals surface area (Å²) in [6.45, 7) is 20.9. The predicted octanol–water partition coefficient (Wildman–Crippen LogP) is 7.60. The Hall–Kier alpha value is -3.23. The Kier molecular flexibility index (Phi) is 16.6. The number of nitrogens with zero attached hydrogens (tertiary/aromatic N) is 1. The molecule has 0 radical (unpaired) electrons. The molecule has 1 amide bonds. The third-order valence-corrected chi connectivity index (χ3v) is 6.96. The Labute approximate surface area is 249 Å². The Bertz CT molecular complexity index is 1250. The molecule has 0 saturated heterocycles. The van der Waals surface area contributed by atoms with Gasteiger partial charge in [-0.1, -0.05) is 96.9 Å². The van der Waals surface area contributed by atoms with Crippen LogP contribution in [0.15, 0.2) is 36.9 Å². The van der Waals surface area contributed by atoms with Crippen molar-refractivity contribution in [3.8, 4) is 11.8 Å². The molecule has 1 aliphatic carbocycles. The van der Waals surface area contributed by atoms with Gasteiger partial charge in [0.15, 0.2) is 0 Å². The van der Waals surface area contributed by atoms with Crippen molar-refractivity contribution in [1.82, 2.24) is 4.57 Å². The van der Waals surface area contributed by atoms with Crippen LogP contribution in [0.4, 0.5) is 5.69 Å². The van der Waals surface area contributed by atoms with Crippen LogP contribution < -0.4 is 21.6 Å². The molecule has 1 heterocycles. The van der Waals surface area contributed by atoms with Gasteiger partial charge in [0.1, 0.15) is 5.69 Å². The monoisotopic (exact) mass is 561 g/mol. The van der Waals surface area contributed by atoms with Gasteiger partial charge in [-0.2, -0.15) is 0 Å². The van der Waals surface area contributed by atoms with Gasteiger partial charge < -0.3 is 20.4 Å². The minimum Gasteiger partial charge on any atom is -0.401 e. The molecule has 5 heteroatoms. The molecule has 1 aromatic carbocycles. The molecule has 0 unspecified atom stereocenters. The second kappa shape index (κ2) is 19.0. The summed E-state index contributed by atoms with van der Waals surface area (Å²) in [7, 11) is 1.66. The number of benzene rings is 1.